The van der Waals surface area contributed by atoms with Crippen molar-refractivity contribution in [2.45, 2.75) is 31.2 Å². The molecule has 0 saturated heterocycles. The smallest absolute Gasteiger partial charge is 0.246 e. The molecule has 0 amide bonds. The molecule has 0 saturated carbocycles. The fourth-order valence-electron chi connectivity index (χ4n) is 1.53. The maximum atomic E-state index is 12.3. The lowest BCUT2D eigenvalue weighted by atomic mass is 10.4. The topological polar surface area (TPSA) is 84.4 Å². The Morgan fingerprint density at radius 2 is 2.00 bits per heavy atom. The number of rotatable bonds is 8. The SMILES string of the molecule is CCCNc1ncc(S(=O)(=O)N(C)C(C)COC)cn1. The number of aromatic nitrogens is 2. The molecule has 7 nitrogen and oxygen atoms in total. The number of nitrogens with one attached hydrogen (secondary N) is 1. The van der Waals surface area contributed by atoms with Crippen LogP contribution in [0, 0.1) is 0 Å². The van der Waals surface area contributed by atoms with Crippen molar-refractivity contribution in [2.24, 2.45) is 0 Å². The van der Waals surface area contributed by atoms with E-state index in [0.29, 0.717) is 12.6 Å². The van der Waals surface area contributed by atoms with Crippen LogP contribution in [0.3, 0.4) is 0 Å². The minimum Gasteiger partial charge on any atom is -0.383 e. The molecule has 0 fully saturated rings. The van der Waals surface area contributed by atoms with Crippen molar-refractivity contribution >= 4 is 16.0 Å². The van der Waals surface area contributed by atoms with Crippen molar-refractivity contribution in [2.75, 3.05) is 32.6 Å². The van der Waals surface area contributed by atoms with Crippen LogP contribution < -0.4 is 5.32 Å². The summed E-state index contributed by atoms with van der Waals surface area (Å²) in [6.45, 7) is 4.88. The molecule has 0 bridgehead atoms. The summed E-state index contributed by atoms with van der Waals surface area (Å²) in [6, 6.07) is -0.261. The van der Waals surface area contributed by atoms with Gasteiger partial charge in [0.15, 0.2) is 0 Å². The van der Waals surface area contributed by atoms with Gasteiger partial charge in [0.05, 0.1) is 19.0 Å². The molecule has 0 aliphatic rings. The second-order valence-electron chi connectivity index (χ2n) is 4.49. The Hall–Kier alpha value is -1.25. The Kier molecular flexibility index (Phi) is 6.31. The molecule has 0 radical (unpaired) electrons. The molecule has 0 aliphatic heterocycles. The molecule has 1 aromatic rings. The number of ether oxygens (including phenoxy) is 1. The van der Waals surface area contributed by atoms with Crippen molar-refractivity contribution in [3.05, 3.63) is 12.4 Å². The van der Waals surface area contributed by atoms with Crippen molar-refractivity contribution in [3.63, 3.8) is 0 Å². The predicted molar refractivity (Wildman–Crippen MR) is 77.1 cm³/mol. The summed E-state index contributed by atoms with van der Waals surface area (Å²) >= 11 is 0. The molecule has 20 heavy (non-hydrogen) atoms. The fourth-order valence-corrected chi connectivity index (χ4v) is 2.77. The predicted octanol–water partition coefficient (Wildman–Crippen LogP) is 0.954. The van der Waals surface area contributed by atoms with Crippen molar-refractivity contribution in [1.29, 1.82) is 0 Å². The standard InChI is InChI=1S/C12H22N4O3S/c1-5-6-13-12-14-7-11(8-15-12)20(17,18)16(3)10(2)9-19-4/h7-8,10H,5-6,9H2,1-4H3,(H,13,14,15). The summed E-state index contributed by atoms with van der Waals surface area (Å²) in [7, 11) is -0.545. The highest BCUT2D eigenvalue weighted by molar-refractivity contribution is 7.89. The highest BCUT2D eigenvalue weighted by atomic mass is 32.2. The van der Waals surface area contributed by atoms with Gasteiger partial charge in [-0.25, -0.2) is 18.4 Å². The molecule has 1 rings (SSSR count). The van der Waals surface area contributed by atoms with Gasteiger partial charge < -0.3 is 10.1 Å². The number of sulfonamides is 1. The Balaban J connectivity index is 2.87. The summed E-state index contributed by atoms with van der Waals surface area (Å²) in [5.74, 6) is 0.429. The van der Waals surface area contributed by atoms with E-state index < -0.39 is 10.0 Å². The van der Waals surface area contributed by atoms with Crippen LogP contribution in [-0.2, 0) is 14.8 Å². The van der Waals surface area contributed by atoms with Gasteiger partial charge in [0.25, 0.3) is 0 Å². The van der Waals surface area contributed by atoms with Crippen LogP contribution in [-0.4, -0.2) is 56.0 Å². The van der Waals surface area contributed by atoms with E-state index >= 15 is 0 Å². The average molecular weight is 302 g/mol. The molecule has 0 spiro atoms. The van der Waals surface area contributed by atoms with Gasteiger partial charge in [0.2, 0.25) is 16.0 Å². The number of methoxy groups -OCH3 is 1. The summed E-state index contributed by atoms with van der Waals surface area (Å²) < 4.78 is 30.9. The molecular formula is C12H22N4O3S. The zero-order valence-electron chi connectivity index (χ0n) is 12.3. The lowest BCUT2D eigenvalue weighted by molar-refractivity contribution is 0.149. The fraction of sp³-hybridized carbons (Fsp3) is 0.667. The normalized spacial score (nSPS) is 13.4. The Bertz CT molecular complexity index is 504. The van der Waals surface area contributed by atoms with E-state index in [-0.39, 0.29) is 10.9 Å². The lowest BCUT2D eigenvalue weighted by Gasteiger charge is -2.23. The highest BCUT2D eigenvalue weighted by Gasteiger charge is 2.26. The second kappa shape index (κ2) is 7.51. The van der Waals surface area contributed by atoms with Gasteiger partial charge in [0, 0.05) is 26.7 Å². The van der Waals surface area contributed by atoms with E-state index in [9.17, 15) is 8.42 Å². The van der Waals surface area contributed by atoms with Gasteiger partial charge in [-0.05, 0) is 13.3 Å². The number of hydrogen-bond acceptors (Lipinski definition) is 6. The van der Waals surface area contributed by atoms with Crippen LogP contribution in [0.15, 0.2) is 17.3 Å². The molecule has 8 heteroatoms. The molecular weight excluding hydrogens is 280 g/mol. The van der Waals surface area contributed by atoms with E-state index in [1.54, 1.807) is 6.92 Å². The average Bonchev–Trinajstić information content (AvgIpc) is 2.45. The third kappa shape index (κ3) is 4.12. The number of likely N-dealkylation sites (N-methyl/N-ethyl adjacent to an activating group) is 1. The largest absolute Gasteiger partial charge is 0.383 e. The maximum absolute atomic E-state index is 12.3. The third-order valence-corrected chi connectivity index (χ3v) is 4.79. The minimum absolute atomic E-state index is 0.0741. The molecule has 1 aromatic heterocycles. The van der Waals surface area contributed by atoms with E-state index in [1.807, 2.05) is 6.92 Å². The highest BCUT2D eigenvalue weighted by Crippen LogP contribution is 2.15. The first-order valence-electron chi connectivity index (χ1n) is 6.46. The lowest BCUT2D eigenvalue weighted by Crippen LogP contribution is -2.37. The van der Waals surface area contributed by atoms with E-state index in [4.69, 9.17) is 4.74 Å². The van der Waals surface area contributed by atoms with E-state index in [2.05, 4.69) is 15.3 Å². The first kappa shape index (κ1) is 16.8. The van der Waals surface area contributed by atoms with Crippen LogP contribution in [0.4, 0.5) is 5.95 Å². The van der Waals surface area contributed by atoms with E-state index in [0.717, 1.165) is 13.0 Å². The van der Waals surface area contributed by atoms with Crippen LogP contribution >= 0.6 is 0 Å². The number of hydrogen-bond donors (Lipinski definition) is 1. The van der Waals surface area contributed by atoms with Crippen LogP contribution in [0.5, 0.6) is 0 Å². The molecule has 114 valence electrons. The van der Waals surface area contributed by atoms with Crippen molar-refractivity contribution in [3.8, 4) is 0 Å². The third-order valence-electron chi connectivity index (χ3n) is 2.87. The summed E-state index contributed by atoms with van der Waals surface area (Å²) in [6.07, 6.45) is 3.58. The molecule has 0 aliphatic carbocycles. The molecule has 1 unspecified atom stereocenters. The quantitative estimate of drug-likeness (QED) is 0.770. The second-order valence-corrected chi connectivity index (χ2v) is 6.49. The van der Waals surface area contributed by atoms with Crippen molar-refractivity contribution < 1.29 is 13.2 Å². The number of nitrogens with zero attached hydrogens (tertiary/aromatic N) is 3. The summed E-state index contributed by atoms with van der Waals surface area (Å²) in [5.41, 5.74) is 0. The van der Waals surface area contributed by atoms with Crippen molar-refractivity contribution in [1.82, 2.24) is 14.3 Å². The summed E-state index contributed by atoms with van der Waals surface area (Å²) in [4.78, 5) is 8.10. The maximum Gasteiger partial charge on any atom is 0.246 e. The summed E-state index contributed by atoms with van der Waals surface area (Å²) in [5, 5.41) is 2.99. The Morgan fingerprint density at radius 1 is 1.40 bits per heavy atom. The van der Waals surface area contributed by atoms with Gasteiger partial charge in [0.1, 0.15) is 4.90 Å². The Morgan fingerprint density at radius 3 is 2.50 bits per heavy atom. The first-order chi connectivity index (χ1) is 9.43. The van der Waals surface area contributed by atoms with Gasteiger partial charge in [-0.15, -0.1) is 0 Å². The van der Waals surface area contributed by atoms with Gasteiger partial charge in [-0.3, -0.25) is 0 Å². The van der Waals surface area contributed by atoms with Crippen LogP contribution in [0.2, 0.25) is 0 Å². The van der Waals surface area contributed by atoms with Crippen LogP contribution in [0.1, 0.15) is 20.3 Å². The molecule has 1 atom stereocenters. The minimum atomic E-state index is -3.60. The van der Waals surface area contributed by atoms with Gasteiger partial charge in [-0.1, -0.05) is 6.92 Å². The van der Waals surface area contributed by atoms with Crippen LogP contribution in [0.25, 0.3) is 0 Å². The van der Waals surface area contributed by atoms with Gasteiger partial charge >= 0.3 is 0 Å². The van der Waals surface area contributed by atoms with Gasteiger partial charge in [-0.2, -0.15) is 4.31 Å². The zero-order valence-corrected chi connectivity index (χ0v) is 13.1. The molecule has 0 aromatic carbocycles. The number of anilines is 1. The monoisotopic (exact) mass is 302 g/mol. The van der Waals surface area contributed by atoms with E-state index in [1.165, 1.54) is 30.9 Å². The molecule has 1 N–H and O–H groups in total. The zero-order chi connectivity index (χ0) is 15.2. The molecule has 1 heterocycles. The Labute approximate surface area is 120 Å². The first-order valence-corrected chi connectivity index (χ1v) is 7.90.